The molecule has 7 nitrogen and oxygen atoms in total. The van der Waals surface area contributed by atoms with Gasteiger partial charge in [-0.25, -0.2) is 4.99 Å². The molecule has 1 aromatic heterocycles. The fraction of sp³-hybridized carbons (Fsp3) is 0.583. The van der Waals surface area contributed by atoms with Gasteiger partial charge in [0.05, 0.1) is 18.8 Å². The Bertz CT molecular complexity index is 426. The van der Waals surface area contributed by atoms with E-state index in [2.05, 4.69) is 26.0 Å². The summed E-state index contributed by atoms with van der Waals surface area (Å²) >= 11 is 0. The minimum Gasteiger partial charge on any atom is -0.357 e. The molecule has 0 atom stereocenters. The Balaban J connectivity index is 2.51. The molecule has 3 N–H and O–H groups in total. The number of nitrogens with one attached hydrogen (secondary N) is 3. The summed E-state index contributed by atoms with van der Waals surface area (Å²) in [5, 5.41) is 12.9. The van der Waals surface area contributed by atoms with Crippen LogP contribution in [0.3, 0.4) is 0 Å². The van der Waals surface area contributed by atoms with Gasteiger partial charge in [0.15, 0.2) is 5.96 Å². The number of hydrogen-bond acceptors (Lipinski definition) is 3. The summed E-state index contributed by atoms with van der Waals surface area (Å²) in [7, 11) is 1.87. The first-order chi connectivity index (χ1) is 9.17. The minimum atomic E-state index is -0.0476. The zero-order valence-corrected chi connectivity index (χ0v) is 11.7. The van der Waals surface area contributed by atoms with E-state index in [1.165, 1.54) is 0 Å². The lowest BCUT2D eigenvalue weighted by molar-refractivity contribution is -0.119. The Morgan fingerprint density at radius 2 is 2.05 bits per heavy atom. The molecule has 0 aliphatic rings. The second-order valence-electron chi connectivity index (χ2n) is 3.95. The van der Waals surface area contributed by atoms with Gasteiger partial charge in [-0.3, -0.25) is 9.48 Å². The summed E-state index contributed by atoms with van der Waals surface area (Å²) < 4.78 is 1.77. The van der Waals surface area contributed by atoms with Crippen LogP contribution in [0.5, 0.6) is 0 Å². The fourth-order valence-corrected chi connectivity index (χ4v) is 1.48. The fourth-order valence-electron chi connectivity index (χ4n) is 1.48. The van der Waals surface area contributed by atoms with E-state index in [4.69, 9.17) is 0 Å². The van der Waals surface area contributed by atoms with E-state index in [-0.39, 0.29) is 12.5 Å². The zero-order chi connectivity index (χ0) is 14.1. The van der Waals surface area contributed by atoms with Crippen molar-refractivity contribution in [2.45, 2.75) is 20.4 Å². The Morgan fingerprint density at radius 3 is 2.63 bits per heavy atom. The maximum Gasteiger partial charge on any atom is 0.239 e. The molecular formula is C12H22N6O. The number of guanidine groups is 1. The molecule has 0 aliphatic heterocycles. The predicted molar refractivity (Wildman–Crippen MR) is 74.7 cm³/mol. The first kappa shape index (κ1) is 15.0. The van der Waals surface area contributed by atoms with Gasteiger partial charge in [0, 0.05) is 26.3 Å². The van der Waals surface area contributed by atoms with Crippen molar-refractivity contribution in [3.8, 4) is 0 Å². The SMILES string of the molecule is CCNC(=O)CNC(=NCc1ccnn1C)NCC. The molecule has 0 aromatic carbocycles. The van der Waals surface area contributed by atoms with Crippen LogP contribution >= 0.6 is 0 Å². The lowest BCUT2D eigenvalue weighted by Gasteiger charge is -2.11. The van der Waals surface area contributed by atoms with Gasteiger partial charge in [-0.1, -0.05) is 0 Å². The zero-order valence-electron chi connectivity index (χ0n) is 11.7. The summed E-state index contributed by atoms with van der Waals surface area (Å²) in [6.07, 6.45) is 1.74. The number of aryl methyl sites for hydroxylation is 1. The Labute approximate surface area is 113 Å². The van der Waals surface area contributed by atoms with Crippen molar-refractivity contribution < 1.29 is 4.79 Å². The van der Waals surface area contributed by atoms with Gasteiger partial charge in [0.2, 0.25) is 5.91 Å². The normalized spacial score (nSPS) is 11.2. The van der Waals surface area contributed by atoms with Crippen LogP contribution < -0.4 is 16.0 Å². The second kappa shape index (κ2) is 8.12. The third-order valence-corrected chi connectivity index (χ3v) is 2.46. The van der Waals surface area contributed by atoms with Crippen molar-refractivity contribution >= 4 is 11.9 Å². The van der Waals surface area contributed by atoms with E-state index in [1.807, 2.05) is 27.0 Å². The number of amides is 1. The third-order valence-electron chi connectivity index (χ3n) is 2.46. The van der Waals surface area contributed by atoms with Gasteiger partial charge >= 0.3 is 0 Å². The van der Waals surface area contributed by atoms with E-state index in [9.17, 15) is 4.79 Å². The number of aromatic nitrogens is 2. The van der Waals surface area contributed by atoms with Gasteiger partial charge in [0.25, 0.3) is 0 Å². The number of nitrogens with zero attached hydrogens (tertiary/aromatic N) is 3. The van der Waals surface area contributed by atoms with Crippen LogP contribution in [0.2, 0.25) is 0 Å². The Hall–Kier alpha value is -2.05. The number of rotatable bonds is 6. The smallest absolute Gasteiger partial charge is 0.239 e. The van der Waals surface area contributed by atoms with E-state index in [0.29, 0.717) is 19.0 Å². The molecule has 1 heterocycles. The number of aliphatic imine (C=N–C) groups is 1. The molecule has 1 rings (SSSR count). The minimum absolute atomic E-state index is 0.0476. The van der Waals surface area contributed by atoms with E-state index in [0.717, 1.165) is 12.2 Å². The van der Waals surface area contributed by atoms with Crippen LogP contribution in [0.1, 0.15) is 19.5 Å². The molecule has 0 aliphatic carbocycles. The Kier molecular flexibility index (Phi) is 6.42. The van der Waals surface area contributed by atoms with E-state index in [1.54, 1.807) is 10.9 Å². The summed E-state index contributed by atoms with van der Waals surface area (Å²) in [5.41, 5.74) is 1.01. The average molecular weight is 266 g/mol. The summed E-state index contributed by atoms with van der Waals surface area (Å²) in [6, 6.07) is 1.91. The second-order valence-corrected chi connectivity index (χ2v) is 3.95. The molecule has 1 amide bonds. The van der Waals surface area contributed by atoms with Gasteiger partial charge in [-0.2, -0.15) is 5.10 Å². The molecule has 1 aromatic rings. The van der Waals surface area contributed by atoms with Crippen molar-refractivity contribution in [1.29, 1.82) is 0 Å². The van der Waals surface area contributed by atoms with Crippen LogP contribution in [0.25, 0.3) is 0 Å². The Morgan fingerprint density at radius 1 is 1.32 bits per heavy atom. The molecule has 0 radical (unpaired) electrons. The largest absolute Gasteiger partial charge is 0.357 e. The van der Waals surface area contributed by atoms with Gasteiger partial charge in [-0.15, -0.1) is 0 Å². The van der Waals surface area contributed by atoms with Crippen LogP contribution in [0, 0.1) is 0 Å². The maximum atomic E-state index is 11.4. The van der Waals surface area contributed by atoms with Crippen molar-refractivity contribution in [1.82, 2.24) is 25.7 Å². The monoisotopic (exact) mass is 266 g/mol. The topological polar surface area (TPSA) is 83.3 Å². The predicted octanol–water partition coefficient (Wildman–Crippen LogP) is -0.389. The van der Waals surface area contributed by atoms with Crippen molar-refractivity contribution in [2.24, 2.45) is 12.0 Å². The lowest BCUT2D eigenvalue weighted by atomic mass is 10.4. The number of carbonyl (C=O) groups is 1. The molecule has 0 spiro atoms. The van der Waals surface area contributed by atoms with Crippen molar-refractivity contribution in [3.05, 3.63) is 18.0 Å². The molecule has 0 fully saturated rings. The maximum absolute atomic E-state index is 11.4. The molecule has 0 saturated heterocycles. The highest BCUT2D eigenvalue weighted by atomic mass is 16.1. The van der Waals surface area contributed by atoms with Crippen LogP contribution in [0.4, 0.5) is 0 Å². The summed E-state index contributed by atoms with van der Waals surface area (Å²) in [5.74, 6) is 0.573. The van der Waals surface area contributed by atoms with E-state index >= 15 is 0 Å². The van der Waals surface area contributed by atoms with Crippen molar-refractivity contribution in [2.75, 3.05) is 19.6 Å². The average Bonchev–Trinajstić information content (AvgIpc) is 2.79. The molecule has 19 heavy (non-hydrogen) atoms. The standard InChI is InChI=1S/C12H22N6O/c1-4-13-11(19)9-16-12(14-5-2)15-8-10-6-7-17-18(10)3/h6-7H,4-5,8-9H2,1-3H3,(H,13,19)(H2,14,15,16). The molecular weight excluding hydrogens is 244 g/mol. The van der Waals surface area contributed by atoms with Gasteiger partial charge in [-0.05, 0) is 19.9 Å². The lowest BCUT2D eigenvalue weighted by Crippen LogP contribution is -2.43. The summed E-state index contributed by atoms with van der Waals surface area (Å²) in [4.78, 5) is 15.8. The van der Waals surface area contributed by atoms with Crippen LogP contribution in [-0.2, 0) is 18.4 Å². The van der Waals surface area contributed by atoms with E-state index < -0.39 is 0 Å². The first-order valence-corrected chi connectivity index (χ1v) is 6.43. The van der Waals surface area contributed by atoms with Crippen LogP contribution in [-0.4, -0.2) is 41.3 Å². The first-order valence-electron chi connectivity index (χ1n) is 6.43. The van der Waals surface area contributed by atoms with Gasteiger partial charge < -0.3 is 16.0 Å². The molecule has 106 valence electrons. The summed E-state index contributed by atoms with van der Waals surface area (Å²) in [6.45, 7) is 5.97. The highest BCUT2D eigenvalue weighted by Gasteiger charge is 2.03. The third kappa shape index (κ3) is 5.41. The molecule has 0 saturated carbocycles. The highest BCUT2D eigenvalue weighted by Crippen LogP contribution is 1.97. The number of hydrogen-bond donors (Lipinski definition) is 3. The highest BCUT2D eigenvalue weighted by molar-refractivity contribution is 5.86. The molecule has 0 bridgehead atoms. The quantitative estimate of drug-likeness (QED) is 0.484. The number of carbonyl (C=O) groups excluding carboxylic acids is 1. The van der Waals surface area contributed by atoms with Crippen LogP contribution in [0.15, 0.2) is 17.3 Å². The molecule has 0 unspecified atom stereocenters. The van der Waals surface area contributed by atoms with Crippen molar-refractivity contribution in [3.63, 3.8) is 0 Å². The number of likely N-dealkylation sites (N-methyl/N-ethyl adjacent to an activating group) is 1. The molecule has 7 heteroatoms. The van der Waals surface area contributed by atoms with Gasteiger partial charge in [0.1, 0.15) is 0 Å².